The molecule has 5 heteroatoms. The number of ether oxygens (including phenoxy) is 2. The van der Waals surface area contributed by atoms with E-state index in [0.717, 1.165) is 29.9 Å². The molecule has 1 saturated heterocycles. The molecule has 1 aromatic rings. The topological polar surface area (TPSA) is 47.6 Å². The minimum atomic E-state index is 0.0517. The monoisotopic (exact) mass is 335 g/mol. The summed E-state index contributed by atoms with van der Waals surface area (Å²) in [6.45, 7) is 0.662. The molecule has 0 aromatic heterocycles. The van der Waals surface area contributed by atoms with Crippen molar-refractivity contribution in [3.63, 3.8) is 0 Å². The third kappa shape index (κ3) is 4.42. The SMILES string of the molecule is COc1cccc(SCC(=O)NC2COC3(CCCCC3)C2)c1. The second kappa shape index (κ2) is 7.58. The van der Waals surface area contributed by atoms with Crippen molar-refractivity contribution >= 4 is 17.7 Å². The Morgan fingerprint density at radius 1 is 1.39 bits per heavy atom. The van der Waals surface area contributed by atoms with Gasteiger partial charge in [-0.3, -0.25) is 4.79 Å². The van der Waals surface area contributed by atoms with Crippen molar-refractivity contribution in [2.75, 3.05) is 19.5 Å². The maximum atomic E-state index is 12.2. The van der Waals surface area contributed by atoms with E-state index in [-0.39, 0.29) is 17.6 Å². The maximum Gasteiger partial charge on any atom is 0.230 e. The van der Waals surface area contributed by atoms with Gasteiger partial charge in [-0.2, -0.15) is 0 Å². The molecular formula is C18H25NO3S. The molecule has 0 bridgehead atoms. The first-order chi connectivity index (χ1) is 11.2. The van der Waals surface area contributed by atoms with Gasteiger partial charge in [0, 0.05) is 4.90 Å². The number of amides is 1. The first-order valence-electron chi connectivity index (χ1n) is 8.39. The number of thioether (sulfide) groups is 1. The van der Waals surface area contributed by atoms with Crippen LogP contribution in [-0.2, 0) is 9.53 Å². The van der Waals surface area contributed by atoms with E-state index in [1.807, 2.05) is 24.3 Å². The van der Waals surface area contributed by atoms with Crippen LogP contribution in [0, 0.1) is 0 Å². The molecule has 1 atom stereocenters. The van der Waals surface area contributed by atoms with E-state index in [9.17, 15) is 4.79 Å². The van der Waals surface area contributed by atoms with E-state index in [1.54, 1.807) is 7.11 Å². The van der Waals surface area contributed by atoms with Gasteiger partial charge in [-0.05, 0) is 37.5 Å². The van der Waals surface area contributed by atoms with Gasteiger partial charge in [0.15, 0.2) is 0 Å². The summed E-state index contributed by atoms with van der Waals surface area (Å²) in [6.07, 6.45) is 7.11. The van der Waals surface area contributed by atoms with E-state index < -0.39 is 0 Å². The Morgan fingerprint density at radius 2 is 2.22 bits per heavy atom. The van der Waals surface area contributed by atoms with Crippen LogP contribution in [0.3, 0.4) is 0 Å². The molecule has 4 nitrogen and oxygen atoms in total. The van der Waals surface area contributed by atoms with Gasteiger partial charge in [0.05, 0.1) is 31.1 Å². The van der Waals surface area contributed by atoms with Crippen LogP contribution in [0.4, 0.5) is 0 Å². The quantitative estimate of drug-likeness (QED) is 0.838. The predicted molar refractivity (Wildman–Crippen MR) is 92.0 cm³/mol. The highest BCUT2D eigenvalue weighted by molar-refractivity contribution is 8.00. The Kier molecular flexibility index (Phi) is 5.49. The Morgan fingerprint density at radius 3 is 3.00 bits per heavy atom. The summed E-state index contributed by atoms with van der Waals surface area (Å²) in [5, 5.41) is 3.13. The van der Waals surface area contributed by atoms with Crippen molar-refractivity contribution in [1.29, 1.82) is 0 Å². The van der Waals surface area contributed by atoms with Crippen LogP contribution in [0.5, 0.6) is 5.75 Å². The average molecular weight is 335 g/mol. The van der Waals surface area contributed by atoms with Crippen molar-refractivity contribution < 1.29 is 14.3 Å². The largest absolute Gasteiger partial charge is 0.497 e. The Bertz CT molecular complexity index is 543. The molecule has 1 aliphatic carbocycles. The molecule has 1 amide bonds. The summed E-state index contributed by atoms with van der Waals surface area (Å²) in [6, 6.07) is 7.97. The summed E-state index contributed by atoms with van der Waals surface area (Å²) < 4.78 is 11.3. The number of carbonyl (C=O) groups is 1. The fraction of sp³-hybridized carbons (Fsp3) is 0.611. The highest BCUT2D eigenvalue weighted by Gasteiger charge is 2.41. The molecule has 1 N–H and O–H groups in total. The lowest BCUT2D eigenvalue weighted by atomic mass is 9.82. The number of rotatable bonds is 5. The zero-order chi connectivity index (χ0) is 16.1. The molecule has 1 aromatic carbocycles. The molecule has 1 aliphatic heterocycles. The second-order valence-electron chi connectivity index (χ2n) is 6.49. The Hall–Kier alpha value is -1.20. The number of methoxy groups -OCH3 is 1. The minimum Gasteiger partial charge on any atom is -0.497 e. The fourth-order valence-corrected chi connectivity index (χ4v) is 4.35. The van der Waals surface area contributed by atoms with Crippen LogP contribution in [-0.4, -0.2) is 37.0 Å². The predicted octanol–water partition coefficient (Wildman–Crippen LogP) is 3.40. The molecule has 1 saturated carbocycles. The molecule has 2 fully saturated rings. The zero-order valence-electron chi connectivity index (χ0n) is 13.7. The number of hydrogen-bond donors (Lipinski definition) is 1. The lowest BCUT2D eigenvalue weighted by Crippen LogP contribution is -2.38. The van der Waals surface area contributed by atoms with E-state index in [0.29, 0.717) is 12.4 Å². The highest BCUT2D eigenvalue weighted by Crippen LogP contribution is 2.39. The number of carbonyl (C=O) groups excluding carboxylic acids is 1. The molecular weight excluding hydrogens is 310 g/mol. The van der Waals surface area contributed by atoms with Crippen LogP contribution in [0.25, 0.3) is 0 Å². The van der Waals surface area contributed by atoms with Gasteiger partial charge in [-0.15, -0.1) is 11.8 Å². The van der Waals surface area contributed by atoms with Gasteiger partial charge in [-0.1, -0.05) is 25.3 Å². The van der Waals surface area contributed by atoms with Crippen molar-refractivity contribution in [3.8, 4) is 5.75 Å². The molecule has 126 valence electrons. The van der Waals surface area contributed by atoms with Crippen LogP contribution in [0.1, 0.15) is 38.5 Å². The Balaban J connectivity index is 1.44. The molecule has 3 rings (SSSR count). The standard InChI is InChI=1S/C18H25NO3S/c1-21-15-6-5-7-16(10-15)23-13-17(20)19-14-11-18(22-12-14)8-3-2-4-9-18/h5-7,10,14H,2-4,8-9,11-13H2,1H3,(H,19,20). The fourth-order valence-electron chi connectivity index (χ4n) is 3.59. The highest BCUT2D eigenvalue weighted by atomic mass is 32.2. The van der Waals surface area contributed by atoms with E-state index in [2.05, 4.69) is 5.32 Å². The molecule has 1 heterocycles. The number of benzene rings is 1. The third-order valence-electron chi connectivity index (χ3n) is 4.75. The minimum absolute atomic E-state index is 0.0517. The van der Waals surface area contributed by atoms with Gasteiger partial charge in [0.1, 0.15) is 5.75 Å². The summed E-state index contributed by atoms with van der Waals surface area (Å²) in [7, 11) is 1.65. The summed E-state index contributed by atoms with van der Waals surface area (Å²) in [5.74, 6) is 1.33. The summed E-state index contributed by atoms with van der Waals surface area (Å²) in [4.78, 5) is 13.2. The van der Waals surface area contributed by atoms with Gasteiger partial charge >= 0.3 is 0 Å². The molecule has 2 aliphatic rings. The van der Waals surface area contributed by atoms with Crippen LogP contribution < -0.4 is 10.1 Å². The number of nitrogens with one attached hydrogen (secondary N) is 1. The lowest BCUT2D eigenvalue weighted by molar-refractivity contribution is -0.119. The maximum absolute atomic E-state index is 12.2. The van der Waals surface area contributed by atoms with Crippen LogP contribution in [0.15, 0.2) is 29.2 Å². The smallest absolute Gasteiger partial charge is 0.230 e. The first kappa shape index (κ1) is 16.7. The Labute approximate surface area is 142 Å². The summed E-state index contributed by atoms with van der Waals surface area (Å²) >= 11 is 1.54. The number of hydrogen-bond acceptors (Lipinski definition) is 4. The van der Waals surface area contributed by atoms with Gasteiger partial charge < -0.3 is 14.8 Å². The van der Waals surface area contributed by atoms with Crippen LogP contribution >= 0.6 is 11.8 Å². The van der Waals surface area contributed by atoms with Gasteiger partial charge in [0.2, 0.25) is 5.91 Å². The zero-order valence-corrected chi connectivity index (χ0v) is 14.5. The van der Waals surface area contributed by atoms with E-state index in [4.69, 9.17) is 9.47 Å². The van der Waals surface area contributed by atoms with E-state index in [1.165, 1.54) is 31.0 Å². The molecule has 1 unspecified atom stereocenters. The average Bonchev–Trinajstić information content (AvgIpc) is 2.96. The van der Waals surface area contributed by atoms with Gasteiger partial charge in [-0.25, -0.2) is 0 Å². The van der Waals surface area contributed by atoms with Gasteiger partial charge in [0.25, 0.3) is 0 Å². The second-order valence-corrected chi connectivity index (χ2v) is 7.54. The first-order valence-corrected chi connectivity index (χ1v) is 9.38. The molecule has 0 radical (unpaired) electrons. The van der Waals surface area contributed by atoms with Crippen LogP contribution in [0.2, 0.25) is 0 Å². The third-order valence-corrected chi connectivity index (χ3v) is 5.74. The van der Waals surface area contributed by atoms with Crippen molar-refractivity contribution in [2.24, 2.45) is 0 Å². The summed E-state index contributed by atoms with van der Waals surface area (Å²) in [5.41, 5.74) is 0.0517. The van der Waals surface area contributed by atoms with Crippen molar-refractivity contribution in [1.82, 2.24) is 5.32 Å². The lowest BCUT2D eigenvalue weighted by Gasteiger charge is -2.32. The van der Waals surface area contributed by atoms with Crippen molar-refractivity contribution in [3.05, 3.63) is 24.3 Å². The molecule has 23 heavy (non-hydrogen) atoms. The van der Waals surface area contributed by atoms with E-state index >= 15 is 0 Å². The normalized spacial score (nSPS) is 22.9. The molecule has 1 spiro atoms. The van der Waals surface area contributed by atoms with Crippen molar-refractivity contribution in [2.45, 2.75) is 55.1 Å².